The van der Waals surface area contributed by atoms with Crippen molar-refractivity contribution in [1.29, 1.82) is 0 Å². The molecule has 1 fully saturated rings. The van der Waals surface area contributed by atoms with E-state index in [4.69, 9.17) is 5.21 Å². The van der Waals surface area contributed by atoms with E-state index in [1.54, 1.807) is 17.6 Å². The predicted molar refractivity (Wildman–Crippen MR) is 96.6 cm³/mol. The summed E-state index contributed by atoms with van der Waals surface area (Å²) in [6.45, 7) is 2.17. The maximum absolute atomic E-state index is 12.7. The highest BCUT2D eigenvalue weighted by atomic mass is 16.5. The van der Waals surface area contributed by atoms with Crippen LogP contribution in [0.25, 0.3) is 11.1 Å². The number of amides is 2. The Bertz CT molecular complexity index is 786. The van der Waals surface area contributed by atoms with Crippen LogP contribution in [0.1, 0.15) is 29.3 Å². The minimum atomic E-state index is -0.872. The Kier molecular flexibility index (Phi) is 5.35. The number of benzene rings is 2. The van der Waals surface area contributed by atoms with Gasteiger partial charge >= 0.3 is 0 Å². The molecule has 1 saturated heterocycles. The van der Waals surface area contributed by atoms with E-state index in [9.17, 15) is 14.7 Å². The zero-order valence-corrected chi connectivity index (χ0v) is 14.6. The summed E-state index contributed by atoms with van der Waals surface area (Å²) in [4.78, 5) is 25.7. The molecule has 6 nitrogen and oxygen atoms in total. The van der Waals surface area contributed by atoms with Gasteiger partial charge in [0.25, 0.3) is 11.8 Å². The van der Waals surface area contributed by atoms with Gasteiger partial charge in [0.15, 0.2) is 0 Å². The molecular formula is C20H22N2O4. The largest absolute Gasteiger partial charge is 0.391 e. The fourth-order valence-electron chi connectivity index (χ4n) is 3.27. The van der Waals surface area contributed by atoms with Gasteiger partial charge in [0.2, 0.25) is 0 Å². The zero-order chi connectivity index (χ0) is 18.7. The first-order valence-electron chi connectivity index (χ1n) is 8.65. The Morgan fingerprint density at radius 1 is 1.08 bits per heavy atom. The van der Waals surface area contributed by atoms with Crippen LogP contribution in [0.5, 0.6) is 0 Å². The van der Waals surface area contributed by atoms with E-state index in [-0.39, 0.29) is 18.9 Å². The number of β-amino-alcohol motifs (C(OH)–C–C–N with tert-alkyl or cyclic N) is 1. The van der Waals surface area contributed by atoms with Crippen LogP contribution in [0.3, 0.4) is 0 Å². The standard InChI is InChI=1S/C20H22N2O4/c1-2-13-3-5-14(6-4-13)15-7-9-16(10-8-15)20(25)22-12-17(23)11-18(22)19(24)21-26/h3-10,17-18,23,26H,2,11-12H2,1H3,(H,21,24). The third-order valence-electron chi connectivity index (χ3n) is 4.78. The molecule has 3 N–H and O–H groups in total. The molecule has 26 heavy (non-hydrogen) atoms. The number of rotatable bonds is 4. The maximum Gasteiger partial charge on any atom is 0.266 e. The van der Waals surface area contributed by atoms with E-state index in [0.717, 1.165) is 17.5 Å². The molecule has 3 rings (SSSR count). The molecule has 136 valence electrons. The number of likely N-dealkylation sites (tertiary alicyclic amines) is 1. The first kappa shape index (κ1) is 18.1. The van der Waals surface area contributed by atoms with Crippen molar-refractivity contribution in [2.75, 3.05) is 6.54 Å². The Morgan fingerprint density at radius 3 is 2.19 bits per heavy atom. The fraction of sp³-hybridized carbons (Fsp3) is 0.300. The summed E-state index contributed by atoms with van der Waals surface area (Å²) in [6, 6.07) is 14.5. The molecule has 2 aromatic rings. The molecular weight excluding hydrogens is 332 g/mol. The van der Waals surface area contributed by atoms with E-state index in [1.807, 2.05) is 24.3 Å². The number of hydrogen-bond donors (Lipinski definition) is 3. The molecule has 2 amide bonds. The van der Waals surface area contributed by atoms with Crippen molar-refractivity contribution < 1.29 is 19.9 Å². The Labute approximate surface area is 152 Å². The molecule has 0 aliphatic carbocycles. The van der Waals surface area contributed by atoms with Gasteiger partial charge in [0.05, 0.1) is 6.10 Å². The van der Waals surface area contributed by atoms with E-state index in [2.05, 4.69) is 19.1 Å². The molecule has 2 atom stereocenters. The second-order valence-corrected chi connectivity index (χ2v) is 6.47. The topological polar surface area (TPSA) is 89.9 Å². The first-order valence-corrected chi connectivity index (χ1v) is 8.65. The zero-order valence-electron chi connectivity index (χ0n) is 14.6. The smallest absolute Gasteiger partial charge is 0.266 e. The summed E-state index contributed by atoms with van der Waals surface area (Å²) in [5.74, 6) is -1.04. The number of hydrogen-bond acceptors (Lipinski definition) is 4. The number of aryl methyl sites for hydroxylation is 1. The van der Waals surface area contributed by atoms with Crippen LogP contribution in [-0.4, -0.2) is 45.7 Å². The van der Waals surface area contributed by atoms with Crippen LogP contribution in [0.4, 0.5) is 0 Å². The summed E-state index contributed by atoms with van der Waals surface area (Å²) in [6.07, 6.45) is 0.315. The van der Waals surface area contributed by atoms with E-state index < -0.39 is 18.1 Å². The van der Waals surface area contributed by atoms with Gasteiger partial charge in [-0.1, -0.05) is 43.3 Å². The summed E-state index contributed by atoms with van der Waals surface area (Å²) in [5, 5.41) is 18.6. The van der Waals surface area contributed by atoms with Crippen LogP contribution in [0.2, 0.25) is 0 Å². The van der Waals surface area contributed by atoms with E-state index in [0.29, 0.717) is 5.56 Å². The Morgan fingerprint density at radius 2 is 1.65 bits per heavy atom. The molecule has 0 radical (unpaired) electrons. The molecule has 0 aromatic heterocycles. The number of aliphatic hydroxyl groups excluding tert-OH is 1. The third kappa shape index (κ3) is 3.61. The van der Waals surface area contributed by atoms with Crippen molar-refractivity contribution in [3.05, 3.63) is 59.7 Å². The molecule has 2 aromatic carbocycles. The van der Waals surface area contributed by atoms with Crippen LogP contribution in [0, 0.1) is 0 Å². The van der Waals surface area contributed by atoms with E-state index in [1.165, 1.54) is 10.5 Å². The first-order chi connectivity index (χ1) is 12.5. The third-order valence-corrected chi connectivity index (χ3v) is 4.78. The molecule has 1 aliphatic rings. The van der Waals surface area contributed by atoms with Crippen molar-refractivity contribution in [2.45, 2.75) is 31.9 Å². The minimum absolute atomic E-state index is 0.0666. The molecule has 1 heterocycles. The van der Waals surface area contributed by atoms with Gasteiger partial charge in [0.1, 0.15) is 6.04 Å². The molecule has 6 heteroatoms. The highest BCUT2D eigenvalue weighted by molar-refractivity contribution is 5.98. The van der Waals surface area contributed by atoms with Gasteiger partial charge in [0, 0.05) is 18.5 Å². The predicted octanol–water partition coefficient (Wildman–Crippen LogP) is 2.00. The summed E-state index contributed by atoms with van der Waals surface area (Å²) in [5.41, 5.74) is 5.32. The van der Waals surface area contributed by atoms with E-state index >= 15 is 0 Å². The SMILES string of the molecule is CCc1ccc(-c2ccc(C(=O)N3CC(O)CC3C(=O)NO)cc2)cc1. The number of nitrogens with zero attached hydrogens (tertiary/aromatic N) is 1. The average Bonchev–Trinajstić information content (AvgIpc) is 3.08. The van der Waals surface area contributed by atoms with Crippen molar-refractivity contribution in [2.24, 2.45) is 0 Å². The number of carbonyl (C=O) groups is 2. The summed E-state index contributed by atoms with van der Waals surface area (Å²) in [7, 11) is 0. The van der Waals surface area contributed by atoms with Crippen LogP contribution in [-0.2, 0) is 11.2 Å². The monoisotopic (exact) mass is 354 g/mol. The number of hydroxylamine groups is 1. The van der Waals surface area contributed by atoms with Gasteiger partial charge < -0.3 is 10.0 Å². The van der Waals surface area contributed by atoms with Gasteiger partial charge in [-0.15, -0.1) is 0 Å². The van der Waals surface area contributed by atoms with Gasteiger partial charge in [-0.3, -0.25) is 14.8 Å². The van der Waals surface area contributed by atoms with Crippen molar-refractivity contribution in [1.82, 2.24) is 10.4 Å². The molecule has 2 unspecified atom stereocenters. The lowest BCUT2D eigenvalue weighted by Gasteiger charge is -2.22. The maximum atomic E-state index is 12.7. The van der Waals surface area contributed by atoms with Crippen molar-refractivity contribution in [3.63, 3.8) is 0 Å². The van der Waals surface area contributed by atoms with Crippen molar-refractivity contribution in [3.8, 4) is 11.1 Å². The number of nitrogens with one attached hydrogen (secondary N) is 1. The highest BCUT2D eigenvalue weighted by Gasteiger charge is 2.39. The van der Waals surface area contributed by atoms with Gasteiger partial charge in [-0.05, 0) is 35.2 Å². The lowest BCUT2D eigenvalue weighted by molar-refractivity contribution is -0.133. The van der Waals surface area contributed by atoms with Crippen LogP contribution < -0.4 is 5.48 Å². The summed E-state index contributed by atoms with van der Waals surface area (Å²) >= 11 is 0. The fourth-order valence-corrected chi connectivity index (χ4v) is 3.27. The number of aliphatic hydroxyl groups is 1. The van der Waals surface area contributed by atoms with Gasteiger partial charge in [-0.25, -0.2) is 5.48 Å². The van der Waals surface area contributed by atoms with Crippen LogP contribution >= 0.6 is 0 Å². The number of carbonyl (C=O) groups excluding carboxylic acids is 2. The molecule has 1 aliphatic heterocycles. The van der Waals surface area contributed by atoms with Crippen LogP contribution in [0.15, 0.2) is 48.5 Å². The minimum Gasteiger partial charge on any atom is -0.391 e. The normalized spacial score (nSPS) is 19.4. The molecule has 0 bridgehead atoms. The lowest BCUT2D eigenvalue weighted by atomic mass is 10.0. The van der Waals surface area contributed by atoms with Crippen molar-refractivity contribution >= 4 is 11.8 Å². The quantitative estimate of drug-likeness (QED) is 0.579. The average molecular weight is 354 g/mol. The Hall–Kier alpha value is -2.70. The summed E-state index contributed by atoms with van der Waals surface area (Å²) < 4.78 is 0. The molecule has 0 saturated carbocycles. The molecule has 0 spiro atoms. The Balaban J connectivity index is 1.79. The highest BCUT2D eigenvalue weighted by Crippen LogP contribution is 2.24. The second-order valence-electron chi connectivity index (χ2n) is 6.47. The lowest BCUT2D eigenvalue weighted by Crippen LogP contribution is -2.45. The second kappa shape index (κ2) is 7.68. The van der Waals surface area contributed by atoms with Gasteiger partial charge in [-0.2, -0.15) is 0 Å².